The van der Waals surface area contributed by atoms with Crippen LogP contribution in [-0.4, -0.2) is 33.5 Å². The summed E-state index contributed by atoms with van der Waals surface area (Å²) in [6.45, 7) is 3.28. The molecule has 1 aromatic rings. The van der Waals surface area contributed by atoms with Crippen LogP contribution in [0.1, 0.15) is 13.3 Å². The van der Waals surface area contributed by atoms with Crippen molar-refractivity contribution in [2.24, 2.45) is 0 Å². The minimum atomic E-state index is -3.35. The number of nitrogens with one attached hydrogen (secondary N) is 2. The van der Waals surface area contributed by atoms with E-state index in [9.17, 15) is 8.42 Å². The molecule has 0 saturated carbocycles. The quantitative estimate of drug-likeness (QED) is 0.720. The number of hydrogen-bond acceptors (Lipinski definition) is 4. The van der Waals surface area contributed by atoms with E-state index >= 15 is 0 Å². The number of thioether (sulfide) groups is 1. The Morgan fingerprint density at radius 2 is 1.83 bits per heavy atom. The van der Waals surface area contributed by atoms with Gasteiger partial charge in [-0.2, -0.15) is 11.8 Å². The van der Waals surface area contributed by atoms with Gasteiger partial charge in [0.25, 0.3) is 0 Å². The van der Waals surface area contributed by atoms with Crippen LogP contribution in [-0.2, 0) is 10.0 Å². The third kappa shape index (κ3) is 4.88. The maximum Gasteiger partial charge on any atom is 0.240 e. The minimum absolute atomic E-state index is 0.311. The van der Waals surface area contributed by atoms with E-state index in [0.717, 1.165) is 24.4 Å². The van der Waals surface area contributed by atoms with Crippen LogP contribution in [0.15, 0.2) is 29.2 Å². The maximum atomic E-state index is 11.8. The van der Waals surface area contributed by atoms with Gasteiger partial charge < -0.3 is 5.32 Å². The third-order valence-corrected chi connectivity index (χ3v) is 4.43. The number of rotatable bonds is 8. The van der Waals surface area contributed by atoms with E-state index in [1.165, 1.54) is 0 Å². The molecule has 0 unspecified atom stereocenters. The van der Waals surface area contributed by atoms with Crippen LogP contribution in [0.2, 0.25) is 0 Å². The van der Waals surface area contributed by atoms with Crippen LogP contribution in [0.3, 0.4) is 0 Å². The van der Waals surface area contributed by atoms with Crippen LogP contribution < -0.4 is 10.0 Å². The van der Waals surface area contributed by atoms with E-state index in [4.69, 9.17) is 0 Å². The second kappa shape index (κ2) is 7.66. The lowest BCUT2D eigenvalue weighted by Crippen LogP contribution is -2.24. The van der Waals surface area contributed by atoms with E-state index < -0.39 is 10.0 Å². The van der Waals surface area contributed by atoms with Gasteiger partial charge in [0.2, 0.25) is 10.0 Å². The van der Waals surface area contributed by atoms with Crippen molar-refractivity contribution in [3.63, 3.8) is 0 Å². The Kier molecular flexibility index (Phi) is 6.52. The molecular formula is C12H20N2O2S2. The van der Waals surface area contributed by atoms with Crippen LogP contribution in [0, 0.1) is 0 Å². The summed E-state index contributed by atoms with van der Waals surface area (Å²) < 4.78 is 26.2. The highest BCUT2D eigenvalue weighted by atomic mass is 32.2. The molecule has 0 amide bonds. The molecule has 2 N–H and O–H groups in total. The van der Waals surface area contributed by atoms with Crippen molar-refractivity contribution in [2.45, 2.75) is 18.2 Å². The molecule has 4 nitrogen and oxygen atoms in total. The van der Waals surface area contributed by atoms with Crippen molar-refractivity contribution in [1.29, 1.82) is 0 Å². The first-order valence-corrected chi connectivity index (χ1v) is 8.80. The molecule has 0 radical (unpaired) electrons. The number of benzene rings is 1. The van der Waals surface area contributed by atoms with Gasteiger partial charge in [-0.25, -0.2) is 13.1 Å². The Labute approximate surface area is 114 Å². The Bertz CT molecular complexity index is 444. The van der Waals surface area contributed by atoms with E-state index in [1.807, 2.05) is 6.92 Å². The average Bonchev–Trinajstić information content (AvgIpc) is 2.37. The van der Waals surface area contributed by atoms with Gasteiger partial charge >= 0.3 is 0 Å². The van der Waals surface area contributed by atoms with Gasteiger partial charge in [0.15, 0.2) is 0 Å². The highest BCUT2D eigenvalue weighted by molar-refractivity contribution is 7.98. The fraction of sp³-hybridized carbons (Fsp3) is 0.500. The molecule has 0 atom stereocenters. The average molecular weight is 288 g/mol. The molecule has 0 aromatic heterocycles. The molecule has 0 aliphatic carbocycles. The number of hydrogen-bond donors (Lipinski definition) is 2. The van der Waals surface area contributed by atoms with Crippen molar-refractivity contribution >= 4 is 27.5 Å². The largest absolute Gasteiger partial charge is 0.384 e. The van der Waals surface area contributed by atoms with E-state index in [2.05, 4.69) is 16.3 Å². The van der Waals surface area contributed by atoms with Crippen LogP contribution in [0.25, 0.3) is 0 Å². The first kappa shape index (κ1) is 15.3. The predicted molar refractivity (Wildman–Crippen MR) is 78.8 cm³/mol. The zero-order valence-corrected chi connectivity index (χ0v) is 12.4. The van der Waals surface area contributed by atoms with Gasteiger partial charge in [0.1, 0.15) is 0 Å². The molecule has 0 spiro atoms. The molecule has 0 aliphatic heterocycles. The lowest BCUT2D eigenvalue weighted by atomic mass is 10.3. The first-order chi connectivity index (χ1) is 8.60. The third-order valence-electron chi connectivity index (χ3n) is 2.34. The van der Waals surface area contributed by atoms with Gasteiger partial charge in [-0.1, -0.05) is 6.92 Å². The van der Waals surface area contributed by atoms with Gasteiger partial charge in [-0.15, -0.1) is 0 Å². The lowest BCUT2D eigenvalue weighted by molar-refractivity contribution is 0.581. The van der Waals surface area contributed by atoms with E-state index in [0.29, 0.717) is 11.4 Å². The van der Waals surface area contributed by atoms with E-state index in [-0.39, 0.29) is 0 Å². The summed E-state index contributed by atoms with van der Waals surface area (Å²) in [5.74, 6) is 1.03. The zero-order chi connectivity index (χ0) is 13.4. The minimum Gasteiger partial charge on any atom is -0.384 e. The Morgan fingerprint density at radius 3 is 2.39 bits per heavy atom. The first-order valence-electron chi connectivity index (χ1n) is 5.92. The summed E-state index contributed by atoms with van der Waals surface area (Å²) in [7, 11) is -3.35. The number of anilines is 1. The molecule has 0 bridgehead atoms. The SMILES string of the molecule is CCCNS(=O)(=O)c1ccc(NCCSC)cc1. The summed E-state index contributed by atoms with van der Waals surface area (Å²) in [5, 5.41) is 3.23. The maximum absolute atomic E-state index is 11.8. The molecular weight excluding hydrogens is 268 g/mol. The van der Waals surface area contributed by atoms with Gasteiger partial charge in [0.05, 0.1) is 4.90 Å². The molecule has 18 heavy (non-hydrogen) atoms. The lowest BCUT2D eigenvalue weighted by Gasteiger charge is -2.08. The van der Waals surface area contributed by atoms with Gasteiger partial charge in [-0.05, 0) is 36.9 Å². The highest BCUT2D eigenvalue weighted by Gasteiger charge is 2.12. The monoisotopic (exact) mass is 288 g/mol. The van der Waals surface area contributed by atoms with Gasteiger partial charge in [-0.3, -0.25) is 0 Å². The smallest absolute Gasteiger partial charge is 0.240 e. The second-order valence-electron chi connectivity index (χ2n) is 3.84. The highest BCUT2D eigenvalue weighted by Crippen LogP contribution is 2.13. The van der Waals surface area contributed by atoms with Crippen LogP contribution >= 0.6 is 11.8 Å². The molecule has 0 saturated heterocycles. The fourth-order valence-electron chi connectivity index (χ4n) is 1.37. The normalized spacial score (nSPS) is 11.4. The molecule has 0 heterocycles. The topological polar surface area (TPSA) is 58.2 Å². The molecule has 6 heteroatoms. The Hall–Kier alpha value is -0.720. The standard InChI is InChI=1S/C12H20N2O2S2/c1-3-8-14-18(15,16)12-6-4-11(5-7-12)13-9-10-17-2/h4-7,13-14H,3,8-10H2,1-2H3. The summed E-state index contributed by atoms with van der Waals surface area (Å²) in [4.78, 5) is 0.311. The molecule has 0 fully saturated rings. The predicted octanol–water partition coefficient (Wildman–Crippen LogP) is 2.15. The molecule has 1 aromatic carbocycles. The summed E-state index contributed by atoms with van der Waals surface area (Å²) >= 11 is 1.77. The van der Waals surface area contributed by atoms with Crippen molar-refractivity contribution in [2.75, 3.05) is 30.4 Å². The molecule has 102 valence electrons. The van der Waals surface area contributed by atoms with Crippen LogP contribution in [0.4, 0.5) is 5.69 Å². The molecule has 1 rings (SSSR count). The van der Waals surface area contributed by atoms with Crippen molar-refractivity contribution < 1.29 is 8.42 Å². The fourth-order valence-corrected chi connectivity index (χ4v) is 2.81. The molecule has 0 aliphatic rings. The van der Waals surface area contributed by atoms with Gasteiger partial charge in [0, 0.05) is 24.5 Å². The van der Waals surface area contributed by atoms with Crippen molar-refractivity contribution in [3.8, 4) is 0 Å². The van der Waals surface area contributed by atoms with Crippen LogP contribution in [0.5, 0.6) is 0 Å². The number of sulfonamides is 1. The van der Waals surface area contributed by atoms with Crippen molar-refractivity contribution in [1.82, 2.24) is 4.72 Å². The van der Waals surface area contributed by atoms with Crippen molar-refractivity contribution in [3.05, 3.63) is 24.3 Å². The zero-order valence-electron chi connectivity index (χ0n) is 10.8. The summed E-state index contributed by atoms with van der Waals surface area (Å²) in [6.07, 6.45) is 2.84. The van der Waals surface area contributed by atoms with E-state index in [1.54, 1.807) is 36.0 Å². The second-order valence-corrected chi connectivity index (χ2v) is 6.59. The summed E-state index contributed by atoms with van der Waals surface area (Å²) in [6, 6.07) is 6.83. The summed E-state index contributed by atoms with van der Waals surface area (Å²) in [5.41, 5.74) is 0.943. The Balaban J connectivity index is 2.64. The Morgan fingerprint density at radius 1 is 1.17 bits per heavy atom.